The number of phenolic OH excluding ortho intramolecular Hbond substituents is 4. The van der Waals surface area contributed by atoms with Crippen molar-refractivity contribution in [1.82, 2.24) is 0 Å². The van der Waals surface area contributed by atoms with E-state index in [1.54, 1.807) is 48.5 Å². The van der Waals surface area contributed by atoms with Crippen LogP contribution in [0.5, 0.6) is 23.0 Å². The zero-order valence-corrected chi connectivity index (χ0v) is 20.3. The van der Waals surface area contributed by atoms with Gasteiger partial charge in [0, 0.05) is 5.41 Å². The number of hydrogen-bond acceptors (Lipinski definition) is 4. The van der Waals surface area contributed by atoms with Gasteiger partial charge in [-0.1, -0.05) is 73.4 Å². The fourth-order valence-electron chi connectivity index (χ4n) is 3.42. The van der Waals surface area contributed by atoms with E-state index in [1.807, 2.05) is 50.2 Å². The van der Waals surface area contributed by atoms with E-state index in [0.717, 1.165) is 28.7 Å². The van der Waals surface area contributed by atoms with E-state index < -0.39 is 0 Å². The van der Waals surface area contributed by atoms with Crippen LogP contribution in [0.2, 0.25) is 10.0 Å². The smallest absolute Gasteiger partial charge is 0.134 e. The average Bonchev–Trinajstić information content (AvgIpc) is 2.81. The highest BCUT2D eigenvalue weighted by Gasteiger charge is 2.24. The molecule has 4 rings (SSSR count). The summed E-state index contributed by atoms with van der Waals surface area (Å²) in [4.78, 5) is 0. The number of phenols is 4. The molecule has 4 aromatic carbocycles. The first-order valence-corrected chi connectivity index (χ1v) is 11.4. The monoisotopic (exact) mass is 496 g/mol. The Morgan fingerprint density at radius 3 is 1.24 bits per heavy atom. The van der Waals surface area contributed by atoms with Crippen molar-refractivity contribution in [3.05, 3.63) is 117 Å². The quantitative estimate of drug-likeness (QED) is 0.237. The Bertz CT molecular complexity index is 1150. The van der Waals surface area contributed by atoms with E-state index in [-0.39, 0.29) is 28.4 Å². The molecule has 0 fully saturated rings. The number of rotatable bonds is 4. The lowest BCUT2D eigenvalue weighted by Crippen LogP contribution is -2.18. The van der Waals surface area contributed by atoms with Crippen LogP contribution < -0.4 is 0 Å². The zero-order chi connectivity index (χ0) is 24.9. The molecule has 0 amide bonds. The maximum atomic E-state index is 9.47. The van der Waals surface area contributed by atoms with Crippen LogP contribution in [-0.2, 0) is 11.8 Å². The van der Waals surface area contributed by atoms with Gasteiger partial charge in [0.05, 0.1) is 10.0 Å². The predicted molar refractivity (Wildman–Crippen MR) is 137 cm³/mol. The van der Waals surface area contributed by atoms with Gasteiger partial charge >= 0.3 is 0 Å². The van der Waals surface area contributed by atoms with Crippen molar-refractivity contribution in [3.63, 3.8) is 0 Å². The topological polar surface area (TPSA) is 80.9 Å². The zero-order valence-electron chi connectivity index (χ0n) is 18.8. The number of benzene rings is 4. The number of halogens is 2. The van der Waals surface area contributed by atoms with Crippen LogP contribution in [0.3, 0.4) is 0 Å². The van der Waals surface area contributed by atoms with Gasteiger partial charge < -0.3 is 20.4 Å². The molecule has 6 heteroatoms. The summed E-state index contributed by atoms with van der Waals surface area (Å²) in [6.45, 7) is 4.05. The molecule has 4 N–H and O–H groups in total. The maximum Gasteiger partial charge on any atom is 0.134 e. The highest BCUT2D eigenvalue weighted by Crippen LogP contribution is 2.37. The van der Waals surface area contributed by atoms with E-state index in [1.165, 1.54) is 0 Å². The van der Waals surface area contributed by atoms with Crippen molar-refractivity contribution in [2.75, 3.05) is 0 Å². The Hall–Kier alpha value is -3.34. The lowest BCUT2D eigenvalue weighted by atomic mass is 9.78. The van der Waals surface area contributed by atoms with Gasteiger partial charge in [0.15, 0.2) is 0 Å². The Morgan fingerprint density at radius 2 is 0.912 bits per heavy atom. The van der Waals surface area contributed by atoms with Crippen LogP contribution in [0.1, 0.15) is 36.1 Å². The van der Waals surface area contributed by atoms with E-state index in [0.29, 0.717) is 10.0 Å². The number of aromatic hydroxyl groups is 4. The van der Waals surface area contributed by atoms with Crippen molar-refractivity contribution in [3.8, 4) is 23.0 Å². The lowest BCUT2D eigenvalue weighted by molar-refractivity contribution is 0.473. The van der Waals surface area contributed by atoms with E-state index >= 15 is 0 Å². The first-order valence-electron chi connectivity index (χ1n) is 10.6. The van der Waals surface area contributed by atoms with Crippen molar-refractivity contribution in [1.29, 1.82) is 0 Å². The molecule has 0 unspecified atom stereocenters. The van der Waals surface area contributed by atoms with Gasteiger partial charge in [0.1, 0.15) is 23.0 Å². The van der Waals surface area contributed by atoms with E-state index in [2.05, 4.69) is 0 Å². The second kappa shape index (κ2) is 10.7. The van der Waals surface area contributed by atoms with Crippen LogP contribution in [-0.4, -0.2) is 20.4 Å². The first kappa shape index (κ1) is 25.3. The molecule has 0 saturated carbocycles. The average molecular weight is 497 g/mol. The Labute approximate surface area is 209 Å². The van der Waals surface area contributed by atoms with Gasteiger partial charge in [-0.15, -0.1) is 0 Å². The molecule has 0 bridgehead atoms. The molecule has 0 aliphatic heterocycles. The molecule has 0 saturated heterocycles. The summed E-state index contributed by atoms with van der Waals surface area (Å²) in [5, 5.41) is 37.8. The summed E-state index contributed by atoms with van der Waals surface area (Å²) in [6, 6.07) is 24.5. The third-order valence-electron chi connectivity index (χ3n) is 5.62. The Balaban J connectivity index is 0.000000196. The molecule has 176 valence electrons. The van der Waals surface area contributed by atoms with Crippen molar-refractivity contribution in [2.24, 2.45) is 0 Å². The van der Waals surface area contributed by atoms with Gasteiger partial charge in [-0.05, 0) is 77.2 Å². The Morgan fingerprint density at radius 1 is 0.559 bits per heavy atom. The summed E-state index contributed by atoms with van der Waals surface area (Å²) in [5.74, 6) is 0.684. The van der Waals surface area contributed by atoms with Gasteiger partial charge in [0.2, 0.25) is 0 Å². The standard InChI is InChI=1S/C15H14Cl2O2.C13H12O2/c1-15(2,9-3-5-13(18)11(16)7-9)10-4-6-14(19)12(17)8-10;14-12-5-1-10(2-6-12)9-11-3-7-13(15)8-4-11/h3-8,18-19H,1-2H3;1-8,14-15H,9H2. The molecule has 0 spiro atoms. The minimum Gasteiger partial charge on any atom is -0.508 e. The molecule has 34 heavy (non-hydrogen) atoms. The minimum atomic E-state index is -0.339. The minimum absolute atomic E-state index is 0.0601. The summed E-state index contributed by atoms with van der Waals surface area (Å²) < 4.78 is 0. The van der Waals surface area contributed by atoms with Crippen LogP contribution in [0.4, 0.5) is 0 Å². The van der Waals surface area contributed by atoms with Gasteiger partial charge in [-0.2, -0.15) is 0 Å². The van der Waals surface area contributed by atoms with Gasteiger partial charge in [-0.25, -0.2) is 0 Å². The Kier molecular flexibility index (Phi) is 7.98. The highest BCUT2D eigenvalue weighted by molar-refractivity contribution is 6.32. The predicted octanol–water partition coefficient (Wildman–Crippen LogP) is 7.42. The molecule has 4 nitrogen and oxygen atoms in total. The normalized spacial score (nSPS) is 10.9. The molecule has 0 heterocycles. The highest BCUT2D eigenvalue weighted by atomic mass is 35.5. The molecular formula is C28H26Cl2O4. The van der Waals surface area contributed by atoms with Crippen LogP contribution in [0.15, 0.2) is 84.9 Å². The summed E-state index contributed by atoms with van der Waals surface area (Å²) in [7, 11) is 0. The number of hydrogen-bond donors (Lipinski definition) is 4. The van der Waals surface area contributed by atoms with Crippen LogP contribution in [0.25, 0.3) is 0 Å². The fraction of sp³-hybridized carbons (Fsp3) is 0.143. The second-order valence-electron chi connectivity index (χ2n) is 8.47. The molecule has 0 aliphatic carbocycles. The third-order valence-corrected chi connectivity index (χ3v) is 6.23. The molecule has 0 aromatic heterocycles. The maximum absolute atomic E-state index is 9.47. The second-order valence-corrected chi connectivity index (χ2v) is 9.28. The SMILES string of the molecule is CC(C)(c1ccc(O)c(Cl)c1)c1ccc(O)c(Cl)c1.Oc1ccc(Cc2ccc(O)cc2)cc1. The van der Waals surface area contributed by atoms with Crippen molar-refractivity contribution in [2.45, 2.75) is 25.7 Å². The summed E-state index contributed by atoms with van der Waals surface area (Å²) in [5.41, 5.74) is 3.85. The first-order chi connectivity index (χ1) is 16.1. The van der Waals surface area contributed by atoms with Crippen molar-refractivity contribution < 1.29 is 20.4 Å². The molecule has 0 radical (unpaired) electrons. The summed E-state index contributed by atoms with van der Waals surface area (Å²) in [6.07, 6.45) is 0.806. The lowest BCUT2D eigenvalue weighted by Gasteiger charge is -2.26. The van der Waals surface area contributed by atoms with Gasteiger partial charge in [0.25, 0.3) is 0 Å². The third kappa shape index (κ3) is 6.37. The molecule has 0 atom stereocenters. The molecule has 4 aromatic rings. The molecule has 0 aliphatic rings. The van der Waals surface area contributed by atoms with Crippen LogP contribution in [0, 0.1) is 0 Å². The van der Waals surface area contributed by atoms with E-state index in [4.69, 9.17) is 33.4 Å². The fourth-order valence-corrected chi connectivity index (χ4v) is 3.78. The molecular weight excluding hydrogens is 471 g/mol. The van der Waals surface area contributed by atoms with Gasteiger partial charge in [-0.3, -0.25) is 0 Å². The largest absolute Gasteiger partial charge is 0.508 e. The van der Waals surface area contributed by atoms with Crippen molar-refractivity contribution >= 4 is 23.2 Å². The summed E-state index contributed by atoms with van der Waals surface area (Å²) >= 11 is 11.9. The van der Waals surface area contributed by atoms with Crippen LogP contribution >= 0.6 is 23.2 Å². The van der Waals surface area contributed by atoms with E-state index in [9.17, 15) is 10.2 Å².